The van der Waals surface area contributed by atoms with Gasteiger partial charge in [0.15, 0.2) is 5.96 Å². The molecule has 0 aromatic heterocycles. The first-order valence-corrected chi connectivity index (χ1v) is 9.19. The summed E-state index contributed by atoms with van der Waals surface area (Å²) in [7, 11) is 1.77. The van der Waals surface area contributed by atoms with Crippen LogP contribution in [0.5, 0.6) is 0 Å². The van der Waals surface area contributed by atoms with Crippen LogP contribution in [0.2, 0.25) is 0 Å². The van der Waals surface area contributed by atoms with Crippen LogP contribution in [0.25, 0.3) is 0 Å². The number of carbonyl (C=O) groups is 1. The van der Waals surface area contributed by atoms with Crippen molar-refractivity contribution in [2.75, 3.05) is 46.3 Å². The third kappa shape index (κ3) is 10.2. The van der Waals surface area contributed by atoms with E-state index in [1.165, 1.54) is 38.8 Å². The van der Waals surface area contributed by atoms with Crippen molar-refractivity contribution in [2.45, 2.75) is 51.9 Å². The number of nitrogens with zero attached hydrogens (tertiary/aromatic N) is 2. The van der Waals surface area contributed by atoms with E-state index >= 15 is 0 Å². The summed E-state index contributed by atoms with van der Waals surface area (Å²) in [6.45, 7) is 7.99. The molecule has 0 spiro atoms. The van der Waals surface area contributed by atoms with E-state index in [-0.39, 0.29) is 5.91 Å². The zero-order valence-corrected chi connectivity index (χ0v) is 15.0. The van der Waals surface area contributed by atoms with Crippen molar-refractivity contribution in [3.8, 4) is 0 Å². The Bertz CT molecular complexity index is 338. The molecule has 6 heteroatoms. The number of amides is 1. The molecule has 6 nitrogen and oxygen atoms in total. The Morgan fingerprint density at radius 3 is 2.35 bits per heavy atom. The Morgan fingerprint density at radius 1 is 1.00 bits per heavy atom. The Morgan fingerprint density at radius 2 is 1.70 bits per heavy atom. The van der Waals surface area contributed by atoms with Crippen molar-refractivity contribution in [3.63, 3.8) is 0 Å². The van der Waals surface area contributed by atoms with Gasteiger partial charge in [0.2, 0.25) is 5.91 Å². The summed E-state index contributed by atoms with van der Waals surface area (Å²) in [5, 5.41) is 9.38. The maximum Gasteiger partial charge on any atom is 0.221 e. The SMILES string of the molecule is CCCNC(=O)CCNC(=NC)NCCCN1CCCCCC1. The van der Waals surface area contributed by atoms with Crippen molar-refractivity contribution >= 4 is 11.9 Å². The van der Waals surface area contributed by atoms with Gasteiger partial charge in [0.05, 0.1) is 0 Å². The molecule has 23 heavy (non-hydrogen) atoms. The molecular formula is C17H35N5O. The van der Waals surface area contributed by atoms with Gasteiger partial charge in [0.25, 0.3) is 0 Å². The van der Waals surface area contributed by atoms with Gasteiger partial charge in [-0.05, 0) is 45.3 Å². The standard InChI is InChI=1S/C17H35N5O/c1-3-10-19-16(23)9-12-21-17(18-2)20-11-8-15-22-13-6-4-5-7-14-22/h3-15H2,1-2H3,(H,19,23)(H2,18,20,21). The van der Waals surface area contributed by atoms with Crippen LogP contribution >= 0.6 is 0 Å². The fourth-order valence-electron chi connectivity index (χ4n) is 2.74. The molecule has 0 aromatic carbocycles. The Labute approximate surface area is 141 Å². The number of aliphatic imine (C=N–C) groups is 1. The number of nitrogens with one attached hydrogen (secondary N) is 3. The first-order valence-electron chi connectivity index (χ1n) is 9.19. The lowest BCUT2D eigenvalue weighted by molar-refractivity contribution is -0.120. The fraction of sp³-hybridized carbons (Fsp3) is 0.882. The molecule has 1 aliphatic rings. The molecule has 0 unspecified atom stereocenters. The minimum atomic E-state index is 0.0935. The zero-order chi connectivity index (χ0) is 16.8. The van der Waals surface area contributed by atoms with Gasteiger partial charge in [0, 0.05) is 33.1 Å². The first-order chi connectivity index (χ1) is 11.3. The van der Waals surface area contributed by atoms with Crippen LogP contribution in [0.15, 0.2) is 4.99 Å². The van der Waals surface area contributed by atoms with Crippen molar-refractivity contribution in [1.29, 1.82) is 0 Å². The zero-order valence-electron chi connectivity index (χ0n) is 15.0. The first kappa shape index (κ1) is 19.7. The average Bonchev–Trinajstić information content (AvgIpc) is 2.83. The van der Waals surface area contributed by atoms with Gasteiger partial charge < -0.3 is 20.9 Å². The van der Waals surface area contributed by atoms with Crippen LogP contribution in [0.1, 0.15) is 51.9 Å². The maximum absolute atomic E-state index is 11.5. The van der Waals surface area contributed by atoms with Crippen LogP contribution in [-0.4, -0.2) is 63.1 Å². The molecule has 1 rings (SSSR count). The maximum atomic E-state index is 11.5. The lowest BCUT2D eigenvalue weighted by atomic mass is 10.2. The third-order valence-corrected chi connectivity index (χ3v) is 4.08. The predicted molar refractivity (Wildman–Crippen MR) is 96.8 cm³/mol. The van der Waals surface area contributed by atoms with E-state index in [1.807, 2.05) is 0 Å². The van der Waals surface area contributed by atoms with Crippen LogP contribution < -0.4 is 16.0 Å². The van der Waals surface area contributed by atoms with Gasteiger partial charge in [-0.1, -0.05) is 19.8 Å². The number of rotatable bonds is 9. The third-order valence-electron chi connectivity index (χ3n) is 4.08. The molecule has 0 saturated carbocycles. The molecular weight excluding hydrogens is 290 g/mol. The molecule has 1 fully saturated rings. The van der Waals surface area contributed by atoms with Crippen molar-refractivity contribution < 1.29 is 4.79 Å². The quantitative estimate of drug-likeness (QED) is 0.340. The smallest absolute Gasteiger partial charge is 0.221 e. The molecule has 0 atom stereocenters. The summed E-state index contributed by atoms with van der Waals surface area (Å²) in [5.41, 5.74) is 0. The second-order valence-electron chi connectivity index (χ2n) is 6.14. The number of carbonyl (C=O) groups excluding carboxylic acids is 1. The highest BCUT2D eigenvalue weighted by Crippen LogP contribution is 2.09. The molecule has 0 radical (unpaired) electrons. The van der Waals surface area contributed by atoms with Gasteiger partial charge in [-0.2, -0.15) is 0 Å². The van der Waals surface area contributed by atoms with E-state index in [1.54, 1.807) is 7.05 Å². The molecule has 0 aliphatic carbocycles. The van der Waals surface area contributed by atoms with E-state index in [0.29, 0.717) is 13.0 Å². The van der Waals surface area contributed by atoms with Crippen molar-refractivity contribution in [2.24, 2.45) is 4.99 Å². The van der Waals surface area contributed by atoms with E-state index in [2.05, 4.69) is 32.8 Å². The molecule has 3 N–H and O–H groups in total. The molecule has 1 heterocycles. The molecule has 0 bridgehead atoms. The van der Waals surface area contributed by atoms with Crippen LogP contribution in [0.4, 0.5) is 0 Å². The highest BCUT2D eigenvalue weighted by Gasteiger charge is 2.08. The monoisotopic (exact) mass is 325 g/mol. The van der Waals surface area contributed by atoms with E-state index in [0.717, 1.165) is 38.4 Å². The fourth-order valence-corrected chi connectivity index (χ4v) is 2.74. The van der Waals surface area contributed by atoms with E-state index in [4.69, 9.17) is 0 Å². The van der Waals surface area contributed by atoms with Gasteiger partial charge in [-0.3, -0.25) is 9.79 Å². The normalized spacial score (nSPS) is 16.7. The number of likely N-dealkylation sites (tertiary alicyclic amines) is 1. The highest BCUT2D eigenvalue weighted by atomic mass is 16.1. The van der Waals surface area contributed by atoms with Crippen molar-refractivity contribution in [3.05, 3.63) is 0 Å². The summed E-state index contributed by atoms with van der Waals surface area (Å²) in [6, 6.07) is 0. The lowest BCUT2D eigenvalue weighted by Crippen LogP contribution is -2.40. The van der Waals surface area contributed by atoms with Gasteiger partial charge in [0.1, 0.15) is 0 Å². The Hall–Kier alpha value is -1.30. The molecule has 0 aromatic rings. The largest absolute Gasteiger partial charge is 0.356 e. The molecule has 134 valence electrons. The summed E-state index contributed by atoms with van der Waals surface area (Å²) >= 11 is 0. The summed E-state index contributed by atoms with van der Waals surface area (Å²) in [5.74, 6) is 0.875. The summed E-state index contributed by atoms with van der Waals surface area (Å²) in [4.78, 5) is 18.3. The minimum absolute atomic E-state index is 0.0935. The van der Waals surface area contributed by atoms with E-state index < -0.39 is 0 Å². The van der Waals surface area contributed by atoms with Crippen LogP contribution in [0.3, 0.4) is 0 Å². The van der Waals surface area contributed by atoms with Gasteiger partial charge >= 0.3 is 0 Å². The lowest BCUT2D eigenvalue weighted by Gasteiger charge is -2.20. The number of guanidine groups is 1. The predicted octanol–water partition coefficient (Wildman–Crippen LogP) is 1.33. The second kappa shape index (κ2) is 13.2. The summed E-state index contributed by atoms with van der Waals surface area (Å²) in [6.07, 6.45) is 8.04. The molecule has 1 aliphatic heterocycles. The minimum Gasteiger partial charge on any atom is -0.356 e. The van der Waals surface area contributed by atoms with E-state index in [9.17, 15) is 4.79 Å². The highest BCUT2D eigenvalue weighted by molar-refractivity contribution is 5.81. The Balaban J connectivity index is 2.06. The summed E-state index contributed by atoms with van der Waals surface area (Å²) < 4.78 is 0. The number of hydrogen-bond acceptors (Lipinski definition) is 3. The second-order valence-corrected chi connectivity index (χ2v) is 6.14. The van der Waals surface area contributed by atoms with Gasteiger partial charge in [-0.25, -0.2) is 0 Å². The number of hydrogen-bond donors (Lipinski definition) is 3. The van der Waals surface area contributed by atoms with Crippen LogP contribution in [0, 0.1) is 0 Å². The van der Waals surface area contributed by atoms with Crippen LogP contribution in [-0.2, 0) is 4.79 Å². The average molecular weight is 326 g/mol. The van der Waals surface area contributed by atoms with Gasteiger partial charge in [-0.15, -0.1) is 0 Å². The molecule has 1 amide bonds. The molecule has 1 saturated heterocycles. The van der Waals surface area contributed by atoms with Crippen molar-refractivity contribution in [1.82, 2.24) is 20.9 Å². The Kier molecular flexibility index (Phi) is 11.3. The topological polar surface area (TPSA) is 68.8 Å².